The quantitative estimate of drug-likeness (QED) is 0.0911. The van der Waals surface area contributed by atoms with Crippen LogP contribution in [0.25, 0.3) is 22.3 Å². The smallest absolute Gasteiger partial charge is 0.484 e. The Hall–Kier alpha value is -3.51. The molecule has 0 aliphatic heterocycles. The molecule has 2 aromatic carbocycles. The van der Waals surface area contributed by atoms with E-state index in [9.17, 15) is 39.9 Å². The Morgan fingerprint density at radius 3 is 1.85 bits per heavy atom. The Balaban J connectivity index is 1.57. The highest BCUT2D eigenvalue weighted by Gasteiger charge is 2.57. The van der Waals surface area contributed by atoms with Gasteiger partial charge in [0.25, 0.3) is 0 Å². The van der Waals surface area contributed by atoms with Crippen LogP contribution in [0.5, 0.6) is 5.75 Å². The maximum Gasteiger partial charge on any atom is 0.496 e. The first-order chi connectivity index (χ1) is 21.2. The molecule has 0 radical (unpaired) electrons. The molecule has 0 bridgehead atoms. The Labute approximate surface area is 264 Å². The van der Waals surface area contributed by atoms with Crippen molar-refractivity contribution in [3.63, 3.8) is 0 Å². The van der Waals surface area contributed by atoms with Crippen LogP contribution in [0.1, 0.15) is 41.0 Å². The number of carbonyl (C=O) groups excluding carboxylic acids is 1. The van der Waals surface area contributed by atoms with Gasteiger partial charge in [0.15, 0.2) is 13.2 Å². The monoisotopic (exact) mass is 686 g/mol. The molecule has 262 valence electrons. The highest BCUT2D eigenvalue weighted by molar-refractivity contribution is 5.84. The lowest BCUT2D eigenvalue weighted by atomic mass is 9.68. The number of benzene rings is 2. The van der Waals surface area contributed by atoms with Crippen LogP contribution in [0.15, 0.2) is 59.0 Å². The Morgan fingerprint density at radius 1 is 0.745 bits per heavy atom. The van der Waals surface area contributed by atoms with Gasteiger partial charge in [0.1, 0.15) is 17.1 Å². The zero-order valence-corrected chi connectivity index (χ0v) is 25.9. The van der Waals surface area contributed by atoms with E-state index in [4.69, 9.17) is 20.6 Å². The highest BCUT2D eigenvalue weighted by atomic mass is 19.3. The average molecular weight is 687 g/mol. The van der Waals surface area contributed by atoms with E-state index in [1.165, 1.54) is 32.9 Å². The van der Waals surface area contributed by atoms with Crippen molar-refractivity contribution in [2.75, 3.05) is 13.2 Å². The number of halogens is 8. The van der Waals surface area contributed by atoms with E-state index in [2.05, 4.69) is 18.9 Å². The Kier molecular flexibility index (Phi) is 10.6. The summed E-state index contributed by atoms with van der Waals surface area (Å²) < 4.78 is 136. The summed E-state index contributed by atoms with van der Waals surface area (Å²) in [5.74, 6) is -1.26. The molecule has 0 aliphatic rings. The predicted octanol–water partition coefficient (Wildman–Crippen LogP) is 7.23. The van der Waals surface area contributed by atoms with E-state index in [0.717, 1.165) is 6.07 Å². The number of carbonyl (C=O) groups is 1. The summed E-state index contributed by atoms with van der Waals surface area (Å²) in [6, 6.07) is 14.2. The Morgan fingerprint density at radius 2 is 1.30 bits per heavy atom. The van der Waals surface area contributed by atoms with Crippen molar-refractivity contribution >= 4 is 16.9 Å². The van der Waals surface area contributed by atoms with Gasteiger partial charge in [-0.15, -0.1) is 17.6 Å². The van der Waals surface area contributed by atoms with Gasteiger partial charge in [-0.25, -0.2) is 14.2 Å². The number of hydrogen-bond donors (Lipinski definition) is 2. The molecule has 0 saturated heterocycles. The van der Waals surface area contributed by atoms with Crippen LogP contribution < -0.4 is 16.2 Å². The summed E-state index contributed by atoms with van der Waals surface area (Å²) in [5, 5.41) is 0.546. The first-order valence-corrected chi connectivity index (χ1v) is 13.8. The zero-order valence-electron chi connectivity index (χ0n) is 25.9. The molecule has 0 fully saturated rings. The minimum absolute atomic E-state index is 0.0134. The average Bonchev–Trinajstić information content (AvgIpc) is 3.31. The molecule has 0 saturated carbocycles. The van der Waals surface area contributed by atoms with E-state index >= 15 is 0 Å². The van der Waals surface area contributed by atoms with Crippen molar-refractivity contribution in [1.82, 2.24) is 0 Å². The number of alkyl halides is 8. The van der Waals surface area contributed by atoms with Gasteiger partial charge in [-0.2, -0.15) is 17.6 Å². The second-order valence-corrected chi connectivity index (χ2v) is 12.3. The SMILES string of the molecule is CC(C)(N)CC(C)(N)C(C)(C)C(=O)OCC(F)(F)OC(F)(F)OC(F)(F)OC(F)(F)COc1ccc2cc(-c3ccccc3)oc2c1. The van der Waals surface area contributed by atoms with Crippen molar-refractivity contribution in [3.05, 3.63) is 54.6 Å². The second-order valence-electron chi connectivity index (χ2n) is 12.3. The van der Waals surface area contributed by atoms with Crippen molar-refractivity contribution in [1.29, 1.82) is 0 Å². The number of hydrogen-bond acceptors (Lipinski definition) is 9. The van der Waals surface area contributed by atoms with Gasteiger partial charge in [-0.3, -0.25) is 4.79 Å². The molecular formula is C30H34F8N2O7. The lowest BCUT2D eigenvalue weighted by molar-refractivity contribution is -0.574. The minimum Gasteiger partial charge on any atom is -0.484 e. The lowest BCUT2D eigenvalue weighted by Crippen LogP contribution is -2.59. The fraction of sp³-hybridized carbons (Fsp3) is 0.500. The lowest BCUT2D eigenvalue weighted by Gasteiger charge is -2.42. The van der Waals surface area contributed by atoms with Gasteiger partial charge in [-0.05, 0) is 59.2 Å². The first kappa shape index (κ1) is 37.9. The van der Waals surface area contributed by atoms with Gasteiger partial charge < -0.3 is 25.4 Å². The number of fused-ring (bicyclic) bond motifs is 1. The molecule has 9 nitrogen and oxygen atoms in total. The molecule has 17 heteroatoms. The fourth-order valence-electron chi connectivity index (χ4n) is 4.33. The van der Waals surface area contributed by atoms with Gasteiger partial charge in [0.05, 0.1) is 5.41 Å². The van der Waals surface area contributed by atoms with Crippen molar-refractivity contribution in [2.24, 2.45) is 16.9 Å². The first-order valence-electron chi connectivity index (χ1n) is 13.8. The van der Waals surface area contributed by atoms with Crippen LogP contribution >= 0.6 is 0 Å². The second kappa shape index (κ2) is 13.2. The third-order valence-electron chi connectivity index (χ3n) is 6.86. The number of nitrogens with two attached hydrogens (primary N) is 2. The molecule has 0 amide bonds. The van der Waals surface area contributed by atoms with Gasteiger partial charge >= 0.3 is 30.8 Å². The van der Waals surface area contributed by atoms with E-state index < -0.39 is 60.5 Å². The highest BCUT2D eigenvalue weighted by Crippen LogP contribution is 2.39. The van der Waals surface area contributed by atoms with E-state index in [-0.39, 0.29) is 17.8 Å². The summed E-state index contributed by atoms with van der Waals surface area (Å²) >= 11 is 0. The molecule has 3 rings (SSSR count). The number of esters is 1. The summed E-state index contributed by atoms with van der Waals surface area (Å²) in [6.45, 7) is 2.82. The third kappa shape index (κ3) is 10.8. The standard InChI is InChI=1S/C30H34F8N2O7/c1-24(2,39)15-26(5,40)25(3,4)23(41)43-17-28(33,34)46-30(37,38)47-29(35,36)45-27(31,32)16-42-20-12-11-19-13-21(44-22(19)14-20)18-9-7-6-8-10-18/h6-14H,15-17,39-40H2,1-5H3. The van der Waals surface area contributed by atoms with Crippen LogP contribution in [0, 0.1) is 5.41 Å². The number of furan rings is 1. The maximum atomic E-state index is 14.1. The van der Waals surface area contributed by atoms with Crippen LogP contribution in [0.2, 0.25) is 0 Å². The molecule has 0 aliphatic carbocycles. The van der Waals surface area contributed by atoms with Crippen molar-refractivity contribution in [2.45, 2.75) is 76.9 Å². The van der Waals surface area contributed by atoms with Crippen molar-refractivity contribution < 1.29 is 68.0 Å². The van der Waals surface area contributed by atoms with Crippen LogP contribution in [-0.4, -0.2) is 55.1 Å². The third-order valence-corrected chi connectivity index (χ3v) is 6.86. The fourth-order valence-corrected chi connectivity index (χ4v) is 4.33. The molecule has 47 heavy (non-hydrogen) atoms. The zero-order chi connectivity index (χ0) is 35.7. The minimum atomic E-state index is -5.93. The van der Waals surface area contributed by atoms with Crippen LogP contribution in [0.4, 0.5) is 35.1 Å². The summed E-state index contributed by atoms with van der Waals surface area (Å²) in [4.78, 5) is 12.5. The Bertz CT molecular complexity index is 1520. The molecule has 3 aromatic rings. The molecule has 0 spiro atoms. The molecule has 1 unspecified atom stereocenters. The summed E-state index contributed by atoms with van der Waals surface area (Å²) in [5.41, 5.74) is 8.85. The van der Waals surface area contributed by atoms with Gasteiger partial charge in [0.2, 0.25) is 0 Å². The van der Waals surface area contributed by atoms with Crippen LogP contribution in [0.3, 0.4) is 0 Å². The number of rotatable bonds is 16. The van der Waals surface area contributed by atoms with Crippen molar-refractivity contribution in [3.8, 4) is 17.1 Å². The molecule has 1 heterocycles. The summed E-state index contributed by atoms with van der Waals surface area (Å²) in [6.07, 6.45) is -22.0. The molecule has 4 N–H and O–H groups in total. The van der Waals surface area contributed by atoms with Crippen LogP contribution in [-0.2, 0) is 23.7 Å². The molecular weight excluding hydrogens is 652 g/mol. The largest absolute Gasteiger partial charge is 0.496 e. The topological polar surface area (TPSA) is 128 Å². The van der Waals surface area contributed by atoms with Gasteiger partial charge in [0, 0.05) is 28.1 Å². The van der Waals surface area contributed by atoms with E-state index in [1.54, 1.807) is 50.2 Å². The molecule has 1 aromatic heterocycles. The maximum absolute atomic E-state index is 14.1. The van der Waals surface area contributed by atoms with E-state index in [1.807, 2.05) is 0 Å². The van der Waals surface area contributed by atoms with E-state index in [0.29, 0.717) is 16.7 Å². The van der Waals surface area contributed by atoms with Gasteiger partial charge in [-0.1, -0.05) is 30.3 Å². The number of ether oxygens (including phenoxy) is 5. The molecule has 1 atom stereocenters. The summed E-state index contributed by atoms with van der Waals surface area (Å²) in [7, 11) is 0. The predicted molar refractivity (Wildman–Crippen MR) is 150 cm³/mol. The normalized spacial score (nSPS) is 15.0.